The number of aromatic nitrogens is 2. The lowest BCUT2D eigenvalue weighted by molar-refractivity contribution is 0.359. The summed E-state index contributed by atoms with van der Waals surface area (Å²) in [6, 6.07) is 3.06. The predicted molar refractivity (Wildman–Crippen MR) is 77.3 cm³/mol. The summed E-state index contributed by atoms with van der Waals surface area (Å²) in [4.78, 5) is 4.62. The number of nitrogens with zero attached hydrogens (tertiary/aromatic N) is 3. The molecule has 7 heteroatoms. The largest absolute Gasteiger partial charge is 0.452 e. The Morgan fingerprint density at radius 3 is 2.76 bits per heavy atom. The first-order chi connectivity index (χ1) is 9.91. The zero-order valence-corrected chi connectivity index (χ0v) is 13.2. The summed E-state index contributed by atoms with van der Waals surface area (Å²) in [6.45, 7) is 4.93. The van der Waals surface area contributed by atoms with Crippen molar-refractivity contribution < 1.29 is 12.8 Å². The average Bonchev–Trinajstić information content (AvgIpc) is 3.07. The van der Waals surface area contributed by atoms with Crippen molar-refractivity contribution in [2.75, 3.05) is 6.54 Å². The minimum Gasteiger partial charge on any atom is -0.452 e. The molecule has 2 aromatic heterocycles. The second-order valence-corrected chi connectivity index (χ2v) is 7.47. The van der Waals surface area contributed by atoms with Crippen LogP contribution < -0.4 is 0 Å². The quantitative estimate of drug-likeness (QED) is 0.868. The van der Waals surface area contributed by atoms with Crippen LogP contribution in [0.25, 0.3) is 0 Å². The molecule has 3 heterocycles. The molecule has 0 radical (unpaired) electrons. The van der Waals surface area contributed by atoms with E-state index < -0.39 is 10.0 Å². The molecule has 0 bridgehead atoms. The smallest absolute Gasteiger partial charge is 0.276 e. The van der Waals surface area contributed by atoms with Gasteiger partial charge in [-0.2, -0.15) is 4.31 Å². The van der Waals surface area contributed by atoms with Crippen LogP contribution in [0.1, 0.15) is 37.0 Å². The Morgan fingerprint density at radius 2 is 2.14 bits per heavy atom. The fourth-order valence-electron chi connectivity index (χ4n) is 2.78. The zero-order chi connectivity index (χ0) is 15.2. The molecular formula is C14H19N3O3S. The minimum atomic E-state index is -3.57. The van der Waals surface area contributed by atoms with Gasteiger partial charge in [-0.15, -0.1) is 0 Å². The van der Waals surface area contributed by atoms with E-state index >= 15 is 0 Å². The number of rotatable bonds is 3. The van der Waals surface area contributed by atoms with Gasteiger partial charge in [-0.3, -0.25) is 0 Å². The van der Waals surface area contributed by atoms with Gasteiger partial charge in [0.2, 0.25) is 5.09 Å². The summed E-state index contributed by atoms with van der Waals surface area (Å²) in [6.07, 6.45) is 2.05. The van der Waals surface area contributed by atoms with Crippen molar-refractivity contribution in [3.05, 3.63) is 35.6 Å². The van der Waals surface area contributed by atoms with Crippen LogP contribution in [0.2, 0.25) is 0 Å². The molecule has 0 fully saturated rings. The molecule has 1 aliphatic heterocycles. The lowest BCUT2D eigenvalue weighted by Gasteiger charge is -2.24. The first kappa shape index (κ1) is 14.3. The van der Waals surface area contributed by atoms with Crippen molar-refractivity contribution in [2.24, 2.45) is 7.05 Å². The molecule has 0 aromatic carbocycles. The van der Waals surface area contributed by atoms with Crippen molar-refractivity contribution in [2.45, 2.75) is 37.8 Å². The van der Waals surface area contributed by atoms with E-state index in [0.29, 0.717) is 25.4 Å². The maximum Gasteiger partial charge on any atom is 0.276 e. The number of hydrogen-bond donors (Lipinski definition) is 0. The molecule has 6 nitrogen and oxygen atoms in total. The van der Waals surface area contributed by atoms with Crippen molar-refractivity contribution in [1.29, 1.82) is 0 Å². The first-order valence-corrected chi connectivity index (χ1v) is 8.43. The monoisotopic (exact) mass is 309 g/mol. The standard InChI is InChI=1S/C14H19N3O3S/c1-10(2)14-15-11-9-17(7-6-12(11)16(14)3)21(18,19)13-5-4-8-20-13/h4-5,8,10H,6-7,9H2,1-3H3. The summed E-state index contributed by atoms with van der Waals surface area (Å²) in [5.41, 5.74) is 1.98. The van der Waals surface area contributed by atoms with Crippen molar-refractivity contribution in [3.63, 3.8) is 0 Å². The molecule has 0 atom stereocenters. The Kier molecular flexibility index (Phi) is 3.41. The third-order valence-electron chi connectivity index (χ3n) is 3.86. The molecule has 2 aromatic rings. The molecular weight excluding hydrogens is 290 g/mol. The van der Waals surface area contributed by atoms with Crippen molar-refractivity contribution in [1.82, 2.24) is 13.9 Å². The summed E-state index contributed by atoms with van der Waals surface area (Å²) in [7, 11) is -1.57. The van der Waals surface area contributed by atoms with E-state index in [1.54, 1.807) is 6.07 Å². The number of hydrogen-bond acceptors (Lipinski definition) is 4. The highest BCUT2D eigenvalue weighted by molar-refractivity contribution is 7.89. The molecule has 1 aliphatic rings. The molecule has 0 aliphatic carbocycles. The van der Waals surface area contributed by atoms with Crippen LogP contribution in [0.3, 0.4) is 0 Å². The van der Waals surface area contributed by atoms with Crippen LogP contribution in [0, 0.1) is 0 Å². The maximum absolute atomic E-state index is 12.5. The van der Waals surface area contributed by atoms with Gasteiger partial charge in [0.15, 0.2) is 0 Å². The van der Waals surface area contributed by atoms with Gasteiger partial charge in [0.25, 0.3) is 10.0 Å². The van der Waals surface area contributed by atoms with E-state index in [0.717, 1.165) is 17.2 Å². The van der Waals surface area contributed by atoms with Crippen molar-refractivity contribution >= 4 is 10.0 Å². The van der Waals surface area contributed by atoms with Crippen LogP contribution in [-0.4, -0.2) is 28.8 Å². The Hall–Kier alpha value is -1.60. The molecule has 21 heavy (non-hydrogen) atoms. The van der Waals surface area contributed by atoms with E-state index in [1.165, 1.54) is 16.6 Å². The second kappa shape index (κ2) is 4.99. The molecule has 0 saturated heterocycles. The van der Waals surface area contributed by atoms with Crippen molar-refractivity contribution in [3.8, 4) is 0 Å². The molecule has 0 unspecified atom stereocenters. The molecule has 0 amide bonds. The summed E-state index contributed by atoms with van der Waals surface area (Å²) < 4.78 is 33.5. The van der Waals surface area contributed by atoms with Gasteiger partial charge in [0.05, 0.1) is 18.5 Å². The minimum absolute atomic E-state index is 0.00837. The fraction of sp³-hybridized carbons (Fsp3) is 0.500. The van der Waals surface area contributed by atoms with E-state index in [1.807, 2.05) is 7.05 Å². The van der Waals surface area contributed by atoms with Crippen LogP contribution in [-0.2, 0) is 30.0 Å². The van der Waals surface area contributed by atoms with Crippen LogP contribution in [0.4, 0.5) is 0 Å². The van der Waals surface area contributed by atoms with Crippen LogP contribution in [0.15, 0.2) is 27.9 Å². The Morgan fingerprint density at radius 1 is 1.38 bits per heavy atom. The molecule has 0 N–H and O–H groups in total. The highest BCUT2D eigenvalue weighted by atomic mass is 32.2. The van der Waals surface area contributed by atoms with Gasteiger partial charge in [0.1, 0.15) is 5.82 Å². The number of furan rings is 1. The van der Waals surface area contributed by atoms with Gasteiger partial charge >= 0.3 is 0 Å². The predicted octanol–water partition coefficient (Wildman–Crippen LogP) is 1.88. The van der Waals surface area contributed by atoms with E-state index in [9.17, 15) is 8.42 Å². The summed E-state index contributed by atoms with van der Waals surface area (Å²) >= 11 is 0. The topological polar surface area (TPSA) is 68.3 Å². The lowest BCUT2D eigenvalue weighted by atomic mass is 10.2. The van der Waals surface area contributed by atoms with Gasteiger partial charge in [-0.1, -0.05) is 13.8 Å². The molecule has 0 spiro atoms. The molecule has 0 saturated carbocycles. The third kappa shape index (κ3) is 2.30. The van der Waals surface area contributed by atoms with Gasteiger partial charge < -0.3 is 8.98 Å². The maximum atomic E-state index is 12.5. The number of fused-ring (bicyclic) bond motifs is 1. The highest BCUT2D eigenvalue weighted by Gasteiger charge is 2.33. The Balaban J connectivity index is 1.94. The first-order valence-electron chi connectivity index (χ1n) is 6.99. The lowest BCUT2D eigenvalue weighted by Crippen LogP contribution is -2.36. The van der Waals surface area contributed by atoms with Crippen LogP contribution in [0.5, 0.6) is 0 Å². The Labute approximate surface area is 124 Å². The third-order valence-corrected chi connectivity index (χ3v) is 5.59. The van der Waals surface area contributed by atoms with Gasteiger partial charge in [0, 0.05) is 31.6 Å². The SMILES string of the molecule is CC(C)c1nc2c(n1C)CCN(S(=O)(=O)c1ccco1)C2. The van der Waals surface area contributed by atoms with Gasteiger partial charge in [-0.25, -0.2) is 13.4 Å². The number of sulfonamides is 1. The summed E-state index contributed by atoms with van der Waals surface area (Å²) in [5.74, 6) is 1.31. The highest BCUT2D eigenvalue weighted by Crippen LogP contribution is 2.27. The summed E-state index contributed by atoms with van der Waals surface area (Å²) in [5, 5.41) is -0.00837. The molecule has 114 valence electrons. The van der Waals surface area contributed by atoms with E-state index in [-0.39, 0.29) is 5.09 Å². The average molecular weight is 309 g/mol. The Bertz CT molecular complexity index is 745. The van der Waals surface area contributed by atoms with Gasteiger partial charge in [-0.05, 0) is 12.1 Å². The number of imidazole rings is 1. The van der Waals surface area contributed by atoms with E-state index in [4.69, 9.17) is 4.42 Å². The fourth-order valence-corrected chi connectivity index (χ4v) is 4.09. The molecule has 3 rings (SSSR count). The van der Waals surface area contributed by atoms with Crippen LogP contribution >= 0.6 is 0 Å². The normalized spacial score (nSPS) is 16.4. The van der Waals surface area contributed by atoms with E-state index in [2.05, 4.69) is 23.4 Å². The second-order valence-electron chi connectivity index (χ2n) is 5.60. The zero-order valence-electron chi connectivity index (χ0n) is 12.4.